The average molecular weight is 282 g/mol. The van der Waals surface area contributed by atoms with Crippen LogP contribution in [-0.2, 0) is 6.18 Å². The summed E-state index contributed by atoms with van der Waals surface area (Å²) in [6, 6.07) is 6.95. The molecule has 0 aliphatic carbocycles. The van der Waals surface area contributed by atoms with Crippen LogP contribution in [-0.4, -0.2) is 15.6 Å². The molecule has 0 N–H and O–H groups in total. The Labute approximate surface area is 114 Å². The van der Waals surface area contributed by atoms with Crippen LogP contribution in [0.1, 0.15) is 34.6 Å². The van der Waals surface area contributed by atoms with E-state index >= 15 is 0 Å². The van der Waals surface area contributed by atoms with Gasteiger partial charge in [0.2, 0.25) is 0 Å². The predicted octanol–water partition coefficient (Wildman–Crippen LogP) is 3.65. The number of ketones is 1. The zero-order valence-corrected chi connectivity index (χ0v) is 11.0. The van der Waals surface area contributed by atoms with E-state index in [2.05, 4.69) is 5.10 Å². The fourth-order valence-electron chi connectivity index (χ4n) is 1.78. The van der Waals surface area contributed by atoms with Gasteiger partial charge in [0.05, 0.1) is 0 Å². The lowest BCUT2D eigenvalue weighted by Crippen LogP contribution is -2.18. The number of benzene rings is 1. The first-order chi connectivity index (χ1) is 9.29. The standard InChI is InChI=1S/C14H13F3N2O/c1-9-3-5-11(6-4-9)13(20)10(2)19-8-7-12(18-19)14(15,16)17/h3-8,10H,1-2H3. The van der Waals surface area contributed by atoms with Crippen LogP contribution in [0.15, 0.2) is 36.5 Å². The van der Waals surface area contributed by atoms with Crippen LogP contribution in [0.5, 0.6) is 0 Å². The van der Waals surface area contributed by atoms with E-state index in [1.807, 2.05) is 6.92 Å². The van der Waals surface area contributed by atoms with Crippen LogP contribution >= 0.6 is 0 Å². The second kappa shape index (κ2) is 5.11. The molecule has 0 spiro atoms. The molecule has 1 heterocycles. The van der Waals surface area contributed by atoms with E-state index in [1.54, 1.807) is 24.3 Å². The summed E-state index contributed by atoms with van der Waals surface area (Å²) >= 11 is 0. The highest BCUT2D eigenvalue weighted by atomic mass is 19.4. The lowest BCUT2D eigenvalue weighted by Gasteiger charge is -2.11. The van der Waals surface area contributed by atoms with Gasteiger partial charge in [-0.1, -0.05) is 29.8 Å². The lowest BCUT2D eigenvalue weighted by atomic mass is 10.0. The quantitative estimate of drug-likeness (QED) is 0.805. The molecule has 0 amide bonds. The number of carbonyl (C=O) groups excluding carboxylic acids is 1. The summed E-state index contributed by atoms with van der Waals surface area (Å²) < 4.78 is 38.4. The molecule has 2 aromatic rings. The summed E-state index contributed by atoms with van der Waals surface area (Å²) in [4.78, 5) is 12.2. The Morgan fingerprint density at radius 1 is 1.20 bits per heavy atom. The first-order valence-electron chi connectivity index (χ1n) is 6.02. The third-order valence-electron chi connectivity index (χ3n) is 3.01. The van der Waals surface area contributed by atoms with E-state index in [1.165, 1.54) is 13.1 Å². The van der Waals surface area contributed by atoms with Gasteiger partial charge in [-0.2, -0.15) is 18.3 Å². The molecule has 1 unspecified atom stereocenters. The highest BCUT2D eigenvalue weighted by Crippen LogP contribution is 2.28. The van der Waals surface area contributed by atoms with Gasteiger partial charge in [-0.05, 0) is 19.9 Å². The van der Waals surface area contributed by atoms with Crippen molar-refractivity contribution in [1.82, 2.24) is 9.78 Å². The zero-order valence-electron chi connectivity index (χ0n) is 11.0. The fraction of sp³-hybridized carbons (Fsp3) is 0.286. The van der Waals surface area contributed by atoms with E-state index in [0.717, 1.165) is 16.3 Å². The number of alkyl halides is 3. The van der Waals surface area contributed by atoms with E-state index in [0.29, 0.717) is 5.56 Å². The molecule has 0 saturated heterocycles. The van der Waals surface area contributed by atoms with Crippen LogP contribution in [0.3, 0.4) is 0 Å². The van der Waals surface area contributed by atoms with Gasteiger partial charge in [0.15, 0.2) is 11.5 Å². The molecule has 106 valence electrons. The average Bonchev–Trinajstić information content (AvgIpc) is 2.87. The Morgan fingerprint density at radius 2 is 1.80 bits per heavy atom. The van der Waals surface area contributed by atoms with Crippen molar-refractivity contribution >= 4 is 5.78 Å². The van der Waals surface area contributed by atoms with Crippen molar-refractivity contribution in [2.24, 2.45) is 0 Å². The summed E-state index contributed by atoms with van der Waals surface area (Å²) in [7, 11) is 0. The summed E-state index contributed by atoms with van der Waals surface area (Å²) in [6.07, 6.45) is -3.34. The number of halogens is 3. The van der Waals surface area contributed by atoms with Crippen molar-refractivity contribution in [2.45, 2.75) is 26.1 Å². The second-order valence-corrected chi connectivity index (χ2v) is 4.58. The first-order valence-corrected chi connectivity index (χ1v) is 6.02. The zero-order chi connectivity index (χ0) is 14.9. The minimum atomic E-state index is -4.50. The molecule has 1 aromatic heterocycles. The summed E-state index contributed by atoms with van der Waals surface area (Å²) in [5.41, 5.74) is 0.459. The summed E-state index contributed by atoms with van der Waals surface area (Å²) in [5, 5.41) is 3.42. The van der Waals surface area contributed by atoms with E-state index < -0.39 is 17.9 Å². The number of Topliss-reactive ketones (excluding diaryl/α,β-unsaturated/α-hetero) is 1. The maximum Gasteiger partial charge on any atom is 0.435 e. The number of carbonyl (C=O) groups is 1. The van der Waals surface area contributed by atoms with Gasteiger partial charge in [-0.3, -0.25) is 9.48 Å². The Kier molecular flexibility index (Phi) is 3.65. The van der Waals surface area contributed by atoms with Gasteiger partial charge in [0.1, 0.15) is 6.04 Å². The third kappa shape index (κ3) is 2.89. The molecule has 1 atom stereocenters. The number of hydrogen-bond acceptors (Lipinski definition) is 2. The normalized spacial score (nSPS) is 13.2. The van der Waals surface area contributed by atoms with E-state index in [-0.39, 0.29) is 5.78 Å². The largest absolute Gasteiger partial charge is 0.435 e. The SMILES string of the molecule is Cc1ccc(C(=O)C(C)n2ccc(C(F)(F)F)n2)cc1. The van der Waals surface area contributed by atoms with Crippen molar-refractivity contribution in [3.05, 3.63) is 53.3 Å². The molecule has 0 saturated carbocycles. The molecule has 6 heteroatoms. The van der Waals surface area contributed by atoms with Crippen molar-refractivity contribution < 1.29 is 18.0 Å². The molecule has 0 aliphatic heterocycles. The molecule has 0 aliphatic rings. The minimum absolute atomic E-state index is 0.276. The molecule has 0 fully saturated rings. The van der Waals surface area contributed by atoms with Gasteiger partial charge in [0.25, 0.3) is 0 Å². The highest BCUT2D eigenvalue weighted by molar-refractivity contribution is 5.98. The van der Waals surface area contributed by atoms with Gasteiger partial charge < -0.3 is 0 Å². The topological polar surface area (TPSA) is 34.9 Å². The van der Waals surface area contributed by atoms with Crippen LogP contribution in [0.2, 0.25) is 0 Å². The predicted molar refractivity (Wildman–Crippen MR) is 67.4 cm³/mol. The van der Waals surface area contributed by atoms with Crippen LogP contribution in [0, 0.1) is 6.92 Å². The Bertz CT molecular complexity index is 614. The van der Waals surface area contributed by atoms with Gasteiger partial charge >= 0.3 is 6.18 Å². The number of aryl methyl sites for hydroxylation is 1. The third-order valence-corrected chi connectivity index (χ3v) is 3.01. The molecule has 20 heavy (non-hydrogen) atoms. The first kappa shape index (κ1) is 14.3. The van der Waals surface area contributed by atoms with Gasteiger partial charge in [-0.15, -0.1) is 0 Å². The lowest BCUT2D eigenvalue weighted by molar-refractivity contribution is -0.141. The molecule has 3 nitrogen and oxygen atoms in total. The number of nitrogens with zero attached hydrogens (tertiary/aromatic N) is 2. The van der Waals surface area contributed by atoms with Gasteiger partial charge in [0, 0.05) is 11.8 Å². The fourth-order valence-corrected chi connectivity index (χ4v) is 1.78. The smallest absolute Gasteiger partial charge is 0.292 e. The molecule has 0 bridgehead atoms. The Balaban J connectivity index is 2.22. The minimum Gasteiger partial charge on any atom is -0.292 e. The summed E-state index contributed by atoms with van der Waals surface area (Å²) in [5.74, 6) is -0.276. The molecular formula is C14H13F3N2O. The van der Waals surface area contributed by atoms with Crippen LogP contribution in [0.25, 0.3) is 0 Å². The maximum atomic E-state index is 12.5. The molecular weight excluding hydrogens is 269 g/mol. The van der Waals surface area contributed by atoms with Gasteiger partial charge in [-0.25, -0.2) is 0 Å². The van der Waals surface area contributed by atoms with Crippen LogP contribution < -0.4 is 0 Å². The molecule has 1 aromatic carbocycles. The van der Waals surface area contributed by atoms with Crippen molar-refractivity contribution in [3.8, 4) is 0 Å². The monoisotopic (exact) mass is 282 g/mol. The maximum absolute atomic E-state index is 12.5. The Hall–Kier alpha value is -2.11. The van der Waals surface area contributed by atoms with E-state index in [4.69, 9.17) is 0 Å². The van der Waals surface area contributed by atoms with Crippen LogP contribution in [0.4, 0.5) is 13.2 Å². The highest BCUT2D eigenvalue weighted by Gasteiger charge is 2.34. The second-order valence-electron chi connectivity index (χ2n) is 4.58. The molecule has 0 radical (unpaired) electrons. The van der Waals surface area contributed by atoms with Crippen molar-refractivity contribution in [3.63, 3.8) is 0 Å². The summed E-state index contributed by atoms with van der Waals surface area (Å²) in [6.45, 7) is 3.41. The van der Waals surface area contributed by atoms with E-state index in [9.17, 15) is 18.0 Å². The number of aromatic nitrogens is 2. The number of hydrogen-bond donors (Lipinski definition) is 0. The number of rotatable bonds is 3. The van der Waals surface area contributed by atoms with Crippen molar-refractivity contribution in [1.29, 1.82) is 0 Å². The molecule has 2 rings (SSSR count). The van der Waals surface area contributed by atoms with Crippen molar-refractivity contribution in [2.75, 3.05) is 0 Å². The Morgan fingerprint density at radius 3 is 2.30 bits per heavy atom.